The molecule has 0 bridgehead atoms. The average molecular weight is 527 g/mol. The van der Waals surface area contributed by atoms with Crippen LogP contribution in [0.1, 0.15) is 52.0 Å². The van der Waals surface area contributed by atoms with Crippen molar-refractivity contribution in [1.29, 1.82) is 5.26 Å². The van der Waals surface area contributed by atoms with Crippen molar-refractivity contribution in [2.45, 2.75) is 83.3 Å². The van der Waals surface area contributed by atoms with Gasteiger partial charge in [-0.2, -0.15) is 10.2 Å². The van der Waals surface area contributed by atoms with Crippen LogP contribution in [0, 0.1) is 11.3 Å². The highest BCUT2D eigenvalue weighted by atomic mass is 35.5. The summed E-state index contributed by atoms with van der Waals surface area (Å²) in [6.45, 7) is 11.6. The zero-order valence-electron chi connectivity index (χ0n) is 21.7. The van der Waals surface area contributed by atoms with Gasteiger partial charge < -0.3 is 9.74 Å². The van der Waals surface area contributed by atoms with E-state index in [2.05, 4.69) is 55.2 Å². The molecule has 4 rings (SSSR count). The van der Waals surface area contributed by atoms with Gasteiger partial charge in [0.15, 0.2) is 8.32 Å². The van der Waals surface area contributed by atoms with Crippen molar-refractivity contribution in [2.75, 3.05) is 21.7 Å². The molecule has 0 spiro atoms. The maximum atomic E-state index is 13.3. The fourth-order valence-corrected chi connectivity index (χ4v) is 6.12. The van der Waals surface area contributed by atoms with Crippen molar-refractivity contribution in [3.8, 4) is 6.07 Å². The molecule has 1 saturated carbocycles. The van der Waals surface area contributed by atoms with Gasteiger partial charge in [-0.3, -0.25) is 9.80 Å². The lowest BCUT2D eigenvalue weighted by molar-refractivity contribution is 0.133. The van der Waals surface area contributed by atoms with Gasteiger partial charge in [-0.1, -0.05) is 44.5 Å². The highest BCUT2D eigenvalue weighted by Gasteiger charge is 2.40. The number of hydrogen-bond acceptors (Lipinski definition) is 6. The molecular formula is C26H35ClN6O2Si. The fourth-order valence-electron chi connectivity index (χ4n) is 4.46. The second-order valence-electron chi connectivity index (χ2n) is 11.1. The minimum atomic E-state index is -1.78. The van der Waals surface area contributed by atoms with E-state index < -0.39 is 8.32 Å². The number of nitrogens with zero attached hydrogens (tertiary/aromatic N) is 5. The van der Waals surface area contributed by atoms with Crippen LogP contribution in [0.5, 0.6) is 0 Å². The largest absolute Gasteiger partial charge is 0.414 e. The maximum Gasteiger partial charge on any atom is 0.331 e. The van der Waals surface area contributed by atoms with Crippen LogP contribution in [0.15, 0.2) is 30.5 Å². The van der Waals surface area contributed by atoms with Crippen LogP contribution in [0.4, 0.5) is 22.2 Å². The number of carbonyl (C=O) groups excluding carboxylic acids is 1. The summed E-state index contributed by atoms with van der Waals surface area (Å²) in [5, 5.41) is 13.5. The summed E-state index contributed by atoms with van der Waals surface area (Å²) in [6, 6.07) is 9.17. The third-order valence-corrected chi connectivity index (χ3v) is 12.4. The van der Waals surface area contributed by atoms with Gasteiger partial charge in [-0.25, -0.2) is 9.78 Å². The molecule has 0 saturated heterocycles. The minimum absolute atomic E-state index is 0.112. The molecular weight excluding hydrogens is 492 g/mol. The monoisotopic (exact) mass is 526 g/mol. The Balaban J connectivity index is 1.46. The van der Waals surface area contributed by atoms with Crippen molar-refractivity contribution in [3.05, 3.63) is 41.0 Å². The molecule has 1 fully saturated rings. The Morgan fingerprint density at radius 3 is 2.56 bits per heavy atom. The quantitative estimate of drug-likeness (QED) is 0.348. The molecule has 8 nitrogen and oxygen atoms in total. The zero-order chi connectivity index (χ0) is 26.1. The Morgan fingerprint density at radius 1 is 1.22 bits per heavy atom. The van der Waals surface area contributed by atoms with E-state index in [1.165, 1.54) is 4.90 Å². The van der Waals surface area contributed by atoms with E-state index >= 15 is 0 Å². The average Bonchev–Trinajstić information content (AvgIpc) is 2.82. The summed E-state index contributed by atoms with van der Waals surface area (Å²) < 4.78 is 6.61. The van der Waals surface area contributed by atoms with E-state index in [-0.39, 0.29) is 30.2 Å². The van der Waals surface area contributed by atoms with Crippen molar-refractivity contribution >= 4 is 43.4 Å². The lowest BCUT2D eigenvalue weighted by Gasteiger charge is -2.41. The van der Waals surface area contributed by atoms with Crippen LogP contribution in [0.25, 0.3) is 0 Å². The summed E-state index contributed by atoms with van der Waals surface area (Å²) in [4.78, 5) is 25.5. The molecule has 2 heterocycles. The number of carbonyl (C=O) groups is 1. The van der Waals surface area contributed by atoms with Gasteiger partial charge >= 0.3 is 6.03 Å². The van der Waals surface area contributed by atoms with Crippen LogP contribution in [0.2, 0.25) is 23.2 Å². The van der Waals surface area contributed by atoms with Gasteiger partial charge in [0.1, 0.15) is 12.4 Å². The number of nitrogens with one attached hydrogen (secondary N) is 1. The number of benzene rings is 1. The molecule has 10 heteroatoms. The second-order valence-corrected chi connectivity index (χ2v) is 16.3. The lowest BCUT2D eigenvalue weighted by Crippen LogP contribution is -2.48. The minimum Gasteiger partial charge on any atom is -0.414 e. The van der Waals surface area contributed by atoms with Crippen molar-refractivity contribution in [2.24, 2.45) is 0 Å². The number of aromatic nitrogens is 2. The smallest absolute Gasteiger partial charge is 0.331 e. The molecule has 0 atom stereocenters. The highest BCUT2D eigenvalue weighted by molar-refractivity contribution is 6.74. The van der Waals surface area contributed by atoms with E-state index in [0.717, 1.165) is 31.2 Å². The number of fused-ring (bicyclic) bond motifs is 1. The molecule has 1 N–H and O–H groups in total. The van der Waals surface area contributed by atoms with Crippen LogP contribution in [0.3, 0.4) is 0 Å². The van der Waals surface area contributed by atoms with Crippen molar-refractivity contribution < 1.29 is 9.22 Å². The van der Waals surface area contributed by atoms with Crippen LogP contribution < -0.4 is 15.1 Å². The van der Waals surface area contributed by atoms with Gasteiger partial charge in [0.05, 0.1) is 23.3 Å². The molecule has 0 radical (unpaired) electrons. The molecule has 0 unspecified atom stereocenters. The van der Waals surface area contributed by atoms with E-state index in [1.54, 1.807) is 23.2 Å². The first-order chi connectivity index (χ1) is 17.0. The first-order valence-electron chi connectivity index (χ1n) is 12.5. The van der Waals surface area contributed by atoms with Crippen LogP contribution in [-0.2, 0) is 11.0 Å². The van der Waals surface area contributed by atoms with E-state index in [1.807, 2.05) is 12.1 Å². The standard InChI is InChI=1S/C26H35ClN6O2Si/c1-26(2,3)36(4,5)35-20-12-10-19(11-13-20)30-24-29-16-18-17-33(22-9-7-6-8-21(22)27)25(34)32(15-14-28)23(18)31-24/h6-9,16,19-20H,10-13,15,17H2,1-5H3,(H,29,30,31). The predicted molar refractivity (Wildman–Crippen MR) is 146 cm³/mol. The maximum absolute atomic E-state index is 13.3. The molecule has 1 aliphatic carbocycles. The van der Waals surface area contributed by atoms with E-state index in [4.69, 9.17) is 16.0 Å². The highest BCUT2D eigenvalue weighted by Crippen LogP contribution is 2.39. The summed E-state index contributed by atoms with van der Waals surface area (Å²) in [5.74, 6) is 0.946. The summed E-state index contributed by atoms with van der Waals surface area (Å²) in [7, 11) is -1.78. The molecule has 36 heavy (non-hydrogen) atoms. The van der Waals surface area contributed by atoms with Gasteiger partial charge in [-0.15, -0.1) is 0 Å². The molecule has 1 aliphatic heterocycles. The Kier molecular flexibility index (Phi) is 7.60. The number of anilines is 3. The van der Waals surface area contributed by atoms with Gasteiger partial charge in [-0.05, 0) is 55.9 Å². The SMILES string of the molecule is CC(C)(C)[Si](C)(C)OC1CCC(Nc2ncc3c(n2)N(CC#N)C(=O)N(c2ccccc2Cl)C3)CC1. The normalized spacial score (nSPS) is 20.6. The first kappa shape index (κ1) is 26.4. The predicted octanol–water partition coefficient (Wildman–Crippen LogP) is 6.35. The Bertz CT molecular complexity index is 1150. The zero-order valence-corrected chi connectivity index (χ0v) is 23.5. The molecule has 2 amide bonds. The number of hydrogen-bond donors (Lipinski definition) is 1. The molecule has 1 aromatic carbocycles. The lowest BCUT2D eigenvalue weighted by atomic mass is 9.93. The summed E-state index contributed by atoms with van der Waals surface area (Å²) in [6.07, 6.45) is 5.98. The van der Waals surface area contributed by atoms with E-state index in [9.17, 15) is 10.1 Å². The number of amides is 2. The Hall–Kier alpha value is -2.67. The Morgan fingerprint density at radius 2 is 1.92 bits per heavy atom. The topological polar surface area (TPSA) is 94.4 Å². The van der Waals surface area contributed by atoms with E-state index in [0.29, 0.717) is 28.6 Å². The number of urea groups is 1. The number of halogens is 1. The van der Waals surface area contributed by atoms with Crippen molar-refractivity contribution in [3.63, 3.8) is 0 Å². The number of nitriles is 1. The third kappa shape index (κ3) is 5.51. The van der Waals surface area contributed by atoms with Gasteiger partial charge in [0, 0.05) is 23.9 Å². The Labute approximate surface area is 219 Å². The number of rotatable bonds is 6. The van der Waals surface area contributed by atoms with Gasteiger partial charge in [0.25, 0.3) is 0 Å². The first-order valence-corrected chi connectivity index (χ1v) is 15.8. The summed E-state index contributed by atoms with van der Waals surface area (Å²) in [5.41, 5.74) is 1.36. The molecule has 192 valence electrons. The second kappa shape index (κ2) is 10.4. The molecule has 1 aromatic heterocycles. The molecule has 2 aromatic rings. The van der Waals surface area contributed by atoms with Crippen molar-refractivity contribution in [1.82, 2.24) is 9.97 Å². The number of para-hydroxylation sites is 1. The van der Waals surface area contributed by atoms with Crippen LogP contribution in [-0.4, -0.2) is 43.0 Å². The molecule has 2 aliphatic rings. The third-order valence-electron chi connectivity index (χ3n) is 7.53. The van der Waals surface area contributed by atoms with Crippen LogP contribution >= 0.6 is 11.6 Å². The summed E-state index contributed by atoms with van der Waals surface area (Å²) >= 11 is 6.35. The van der Waals surface area contributed by atoms with Gasteiger partial charge in [0.2, 0.25) is 5.95 Å². The fraction of sp³-hybridized carbons (Fsp3) is 0.538.